The molecule has 0 spiro atoms. The molecule has 1 heterocycles. The van der Waals surface area contributed by atoms with Crippen LogP contribution < -0.4 is 15.4 Å². The number of nitrogens with zero attached hydrogens (tertiary/aromatic N) is 2. The Morgan fingerprint density at radius 3 is 2.52 bits per heavy atom. The smallest absolute Gasteiger partial charge is 0.229 e. The number of nitrogens with one attached hydrogen (secondary N) is 2. The number of benzene rings is 1. The Labute approximate surface area is 125 Å². The van der Waals surface area contributed by atoms with E-state index in [1.54, 1.807) is 7.11 Å². The molecule has 2 N–H and O–H groups in total. The van der Waals surface area contributed by atoms with Gasteiger partial charge in [0.05, 0.1) is 7.11 Å². The number of aromatic nitrogens is 2. The maximum Gasteiger partial charge on any atom is 0.229 e. The van der Waals surface area contributed by atoms with E-state index in [1.165, 1.54) is 0 Å². The van der Waals surface area contributed by atoms with Crippen LogP contribution in [0.5, 0.6) is 5.75 Å². The molecule has 21 heavy (non-hydrogen) atoms. The highest BCUT2D eigenvalue weighted by Gasteiger charge is 2.05. The number of ether oxygens (including phenoxy) is 1. The number of rotatable bonds is 6. The van der Waals surface area contributed by atoms with Crippen LogP contribution in [-0.4, -0.2) is 23.1 Å². The van der Waals surface area contributed by atoms with Crippen molar-refractivity contribution in [2.24, 2.45) is 0 Å². The van der Waals surface area contributed by atoms with Crippen LogP contribution >= 0.6 is 0 Å². The summed E-state index contributed by atoms with van der Waals surface area (Å²) in [6, 6.07) is 10.0. The van der Waals surface area contributed by atoms with E-state index in [9.17, 15) is 0 Å². The lowest BCUT2D eigenvalue weighted by Crippen LogP contribution is -2.15. The minimum atomic E-state index is 0.383. The Morgan fingerprint density at radius 2 is 1.90 bits per heavy atom. The maximum atomic E-state index is 5.14. The third-order valence-corrected chi connectivity index (χ3v) is 3.21. The summed E-state index contributed by atoms with van der Waals surface area (Å²) in [7, 11) is 1.65. The Hall–Kier alpha value is -2.30. The van der Waals surface area contributed by atoms with Gasteiger partial charge in [-0.05, 0) is 44.5 Å². The zero-order valence-corrected chi connectivity index (χ0v) is 13.0. The normalized spacial score (nSPS) is 11.8. The SMILES string of the molecule is CCC(C)Nc1cc(C)nc(Nc2ccc(OC)cc2)n1. The largest absolute Gasteiger partial charge is 0.497 e. The Balaban J connectivity index is 2.14. The molecule has 0 bridgehead atoms. The van der Waals surface area contributed by atoms with E-state index in [2.05, 4.69) is 34.4 Å². The van der Waals surface area contributed by atoms with Gasteiger partial charge in [0.15, 0.2) is 0 Å². The predicted molar refractivity (Wildman–Crippen MR) is 86.4 cm³/mol. The lowest BCUT2D eigenvalue weighted by Gasteiger charge is -2.14. The lowest BCUT2D eigenvalue weighted by atomic mass is 10.2. The van der Waals surface area contributed by atoms with Crippen LogP contribution in [0.25, 0.3) is 0 Å². The molecule has 1 unspecified atom stereocenters. The van der Waals surface area contributed by atoms with Crippen LogP contribution in [0.2, 0.25) is 0 Å². The van der Waals surface area contributed by atoms with Gasteiger partial charge < -0.3 is 15.4 Å². The second-order valence-corrected chi connectivity index (χ2v) is 5.03. The first-order valence-corrected chi connectivity index (χ1v) is 7.14. The van der Waals surface area contributed by atoms with Crippen molar-refractivity contribution in [2.75, 3.05) is 17.7 Å². The van der Waals surface area contributed by atoms with Crippen LogP contribution in [-0.2, 0) is 0 Å². The molecule has 0 saturated carbocycles. The van der Waals surface area contributed by atoms with Crippen molar-refractivity contribution in [3.8, 4) is 5.75 Å². The van der Waals surface area contributed by atoms with Crippen LogP contribution in [0.4, 0.5) is 17.5 Å². The van der Waals surface area contributed by atoms with E-state index in [-0.39, 0.29) is 0 Å². The average molecular weight is 286 g/mol. The molecule has 0 radical (unpaired) electrons. The minimum Gasteiger partial charge on any atom is -0.497 e. The summed E-state index contributed by atoms with van der Waals surface area (Å²) in [5.74, 6) is 2.25. The number of hydrogen-bond donors (Lipinski definition) is 2. The summed E-state index contributed by atoms with van der Waals surface area (Å²) in [5.41, 5.74) is 1.85. The van der Waals surface area contributed by atoms with E-state index in [0.717, 1.165) is 29.4 Å². The molecule has 112 valence electrons. The summed E-state index contributed by atoms with van der Waals surface area (Å²) in [4.78, 5) is 8.91. The van der Waals surface area contributed by atoms with Crippen LogP contribution in [0, 0.1) is 6.92 Å². The molecule has 0 aliphatic heterocycles. The number of aryl methyl sites for hydroxylation is 1. The predicted octanol–water partition coefficient (Wildman–Crippen LogP) is 3.75. The Bertz CT molecular complexity index is 583. The number of methoxy groups -OCH3 is 1. The van der Waals surface area contributed by atoms with E-state index in [4.69, 9.17) is 4.74 Å². The van der Waals surface area contributed by atoms with Crippen LogP contribution in [0.1, 0.15) is 26.0 Å². The van der Waals surface area contributed by atoms with Crippen molar-refractivity contribution in [1.29, 1.82) is 0 Å². The maximum absolute atomic E-state index is 5.14. The van der Waals surface area contributed by atoms with Crippen molar-refractivity contribution in [1.82, 2.24) is 9.97 Å². The van der Waals surface area contributed by atoms with E-state index in [1.807, 2.05) is 37.3 Å². The second kappa shape index (κ2) is 6.92. The molecule has 5 heteroatoms. The third kappa shape index (κ3) is 4.34. The van der Waals surface area contributed by atoms with Crippen LogP contribution in [0.15, 0.2) is 30.3 Å². The van der Waals surface area contributed by atoms with Gasteiger partial charge in [0.25, 0.3) is 0 Å². The highest BCUT2D eigenvalue weighted by molar-refractivity contribution is 5.56. The van der Waals surface area contributed by atoms with Crippen molar-refractivity contribution < 1.29 is 4.74 Å². The molecular weight excluding hydrogens is 264 g/mol. The summed E-state index contributed by atoms with van der Waals surface area (Å²) >= 11 is 0. The van der Waals surface area contributed by atoms with Gasteiger partial charge in [0.2, 0.25) is 5.95 Å². The number of anilines is 3. The van der Waals surface area contributed by atoms with Gasteiger partial charge in [0, 0.05) is 23.5 Å². The Kier molecular flexibility index (Phi) is 4.98. The molecule has 5 nitrogen and oxygen atoms in total. The minimum absolute atomic E-state index is 0.383. The van der Waals surface area contributed by atoms with Crippen molar-refractivity contribution in [3.63, 3.8) is 0 Å². The monoisotopic (exact) mass is 286 g/mol. The van der Waals surface area contributed by atoms with Gasteiger partial charge in [0.1, 0.15) is 11.6 Å². The molecule has 1 atom stereocenters. The van der Waals surface area contributed by atoms with E-state index in [0.29, 0.717) is 12.0 Å². The molecule has 0 saturated heterocycles. The highest BCUT2D eigenvalue weighted by Crippen LogP contribution is 2.19. The third-order valence-electron chi connectivity index (χ3n) is 3.21. The average Bonchev–Trinajstić information content (AvgIpc) is 2.47. The van der Waals surface area contributed by atoms with E-state index >= 15 is 0 Å². The second-order valence-electron chi connectivity index (χ2n) is 5.03. The van der Waals surface area contributed by atoms with Gasteiger partial charge in [-0.2, -0.15) is 4.98 Å². The van der Waals surface area contributed by atoms with Gasteiger partial charge >= 0.3 is 0 Å². The van der Waals surface area contributed by atoms with Crippen molar-refractivity contribution >= 4 is 17.5 Å². The highest BCUT2D eigenvalue weighted by atomic mass is 16.5. The molecule has 0 fully saturated rings. The first kappa shape index (κ1) is 15.1. The fourth-order valence-electron chi connectivity index (χ4n) is 1.86. The molecule has 0 aliphatic carbocycles. The Morgan fingerprint density at radius 1 is 1.19 bits per heavy atom. The zero-order valence-electron chi connectivity index (χ0n) is 13.0. The molecular formula is C16H22N4O. The standard InChI is InChI=1S/C16H22N4O/c1-5-11(2)17-15-10-12(3)18-16(20-15)19-13-6-8-14(21-4)9-7-13/h6-11H,5H2,1-4H3,(H2,17,18,19,20). The first-order chi connectivity index (χ1) is 10.1. The molecule has 1 aromatic heterocycles. The zero-order chi connectivity index (χ0) is 15.2. The lowest BCUT2D eigenvalue weighted by molar-refractivity contribution is 0.415. The van der Waals surface area contributed by atoms with Gasteiger partial charge in [-0.1, -0.05) is 6.92 Å². The van der Waals surface area contributed by atoms with Gasteiger partial charge in [-0.15, -0.1) is 0 Å². The summed E-state index contributed by atoms with van der Waals surface area (Å²) in [5, 5.41) is 6.58. The molecule has 1 aromatic carbocycles. The number of hydrogen-bond acceptors (Lipinski definition) is 5. The molecule has 0 aliphatic rings. The fraction of sp³-hybridized carbons (Fsp3) is 0.375. The fourth-order valence-corrected chi connectivity index (χ4v) is 1.86. The molecule has 2 rings (SSSR count). The molecule has 0 amide bonds. The van der Waals surface area contributed by atoms with Crippen LogP contribution in [0.3, 0.4) is 0 Å². The van der Waals surface area contributed by atoms with Crippen molar-refractivity contribution in [3.05, 3.63) is 36.0 Å². The topological polar surface area (TPSA) is 59.1 Å². The summed E-state index contributed by atoms with van der Waals surface area (Å²) < 4.78 is 5.14. The molecule has 2 aromatic rings. The van der Waals surface area contributed by atoms with E-state index < -0.39 is 0 Å². The quantitative estimate of drug-likeness (QED) is 0.847. The summed E-state index contributed by atoms with van der Waals surface area (Å²) in [6.45, 7) is 6.24. The van der Waals surface area contributed by atoms with Crippen molar-refractivity contribution in [2.45, 2.75) is 33.2 Å². The van der Waals surface area contributed by atoms with Gasteiger partial charge in [-0.25, -0.2) is 4.98 Å². The first-order valence-electron chi connectivity index (χ1n) is 7.14. The van der Waals surface area contributed by atoms with Gasteiger partial charge in [-0.3, -0.25) is 0 Å². The summed E-state index contributed by atoms with van der Waals surface area (Å²) in [6.07, 6.45) is 1.05.